The molecule has 0 saturated heterocycles. The highest BCUT2D eigenvalue weighted by Gasteiger charge is 1.92. The Morgan fingerprint density at radius 2 is 1.71 bits per heavy atom. The standard InChI is InChI=1S/C12H26N2/c1-2-3-9-12(14)10-7-5-4-6-8-11-13/h9H,2-8,10-11,13-14H2,1H3. The first-order valence-corrected chi connectivity index (χ1v) is 5.95. The maximum atomic E-state index is 5.84. The second-order valence-electron chi connectivity index (χ2n) is 3.87. The fraction of sp³-hybridized carbons (Fsp3) is 0.833. The first kappa shape index (κ1) is 13.5. The Balaban J connectivity index is 3.18. The summed E-state index contributed by atoms with van der Waals surface area (Å²) in [6, 6.07) is 0. The van der Waals surface area contributed by atoms with Crippen LogP contribution in [0.1, 0.15) is 58.3 Å². The summed E-state index contributed by atoms with van der Waals surface area (Å²) in [5.74, 6) is 0. The molecule has 0 unspecified atom stereocenters. The molecule has 0 aromatic rings. The summed E-state index contributed by atoms with van der Waals surface area (Å²) in [5, 5.41) is 0. The molecule has 0 heterocycles. The van der Waals surface area contributed by atoms with Gasteiger partial charge in [-0.25, -0.2) is 0 Å². The molecule has 0 aromatic heterocycles. The van der Waals surface area contributed by atoms with E-state index in [2.05, 4.69) is 13.0 Å². The van der Waals surface area contributed by atoms with Gasteiger partial charge in [-0.15, -0.1) is 0 Å². The number of unbranched alkanes of at least 4 members (excludes halogenated alkanes) is 5. The van der Waals surface area contributed by atoms with Crippen molar-refractivity contribution in [2.75, 3.05) is 6.54 Å². The molecular weight excluding hydrogens is 172 g/mol. The number of allylic oxidation sites excluding steroid dienone is 2. The summed E-state index contributed by atoms with van der Waals surface area (Å²) in [7, 11) is 0. The second kappa shape index (κ2) is 10.6. The highest BCUT2D eigenvalue weighted by Crippen LogP contribution is 2.08. The Kier molecular flexibility index (Phi) is 10.2. The lowest BCUT2D eigenvalue weighted by Crippen LogP contribution is -1.98. The number of nitrogens with two attached hydrogens (primary N) is 2. The quantitative estimate of drug-likeness (QED) is 0.560. The van der Waals surface area contributed by atoms with E-state index in [0.717, 1.165) is 25.1 Å². The number of hydrogen-bond donors (Lipinski definition) is 2. The van der Waals surface area contributed by atoms with Gasteiger partial charge >= 0.3 is 0 Å². The molecule has 2 heteroatoms. The van der Waals surface area contributed by atoms with Gasteiger partial charge in [-0.05, 0) is 32.2 Å². The van der Waals surface area contributed by atoms with E-state index in [-0.39, 0.29) is 0 Å². The van der Waals surface area contributed by atoms with Gasteiger partial charge in [0.25, 0.3) is 0 Å². The van der Waals surface area contributed by atoms with Crippen molar-refractivity contribution in [2.24, 2.45) is 11.5 Å². The van der Waals surface area contributed by atoms with Gasteiger partial charge in [0.15, 0.2) is 0 Å². The zero-order chi connectivity index (χ0) is 10.6. The fourth-order valence-corrected chi connectivity index (χ4v) is 1.44. The van der Waals surface area contributed by atoms with Crippen LogP contribution in [-0.2, 0) is 0 Å². The van der Waals surface area contributed by atoms with Crippen LogP contribution in [0.4, 0.5) is 0 Å². The Morgan fingerprint density at radius 3 is 2.36 bits per heavy atom. The fourth-order valence-electron chi connectivity index (χ4n) is 1.44. The normalized spacial score (nSPS) is 12.0. The summed E-state index contributed by atoms with van der Waals surface area (Å²) in [4.78, 5) is 0. The van der Waals surface area contributed by atoms with E-state index in [9.17, 15) is 0 Å². The Hall–Kier alpha value is -0.500. The molecule has 0 rings (SSSR count). The first-order valence-electron chi connectivity index (χ1n) is 5.95. The van der Waals surface area contributed by atoms with E-state index < -0.39 is 0 Å². The summed E-state index contributed by atoms with van der Waals surface area (Å²) in [5.41, 5.74) is 12.3. The molecule has 84 valence electrons. The Morgan fingerprint density at radius 1 is 1.07 bits per heavy atom. The van der Waals surface area contributed by atoms with Gasteiger partial charge < -0.3 is 11.5 Å². The smallest absolute Gasteiger partial charge is 0.00399 e. The van der Waals surface area contributed by atoms with Crippen LogP contribution in [0, 0.1) is 0 Å². The minimum atomic E-state index is 0.832. The molecule has 0 aliphatic rings. The molecule has 0 spiro atoms. The van der Waals surface area contributed by atoms with Crippen molar-refractivity contribution in [3.63, 3.8) is 0 Å². The highest BCUT2D eigenvalue weighted by atomic mass is 14.6. The molecule has 4 N–H and O–H groups in total. The summed E-state index contributed by atoms with van der Waals surface area (Å²) >= 11 is 0. The number of rotatable bonds is 9. The molecule has 0 saturated carbocycles. The molecule has 0 radical (unpaired) electrons. The van der Waals surface area contributed by atoms with E-state index in [1.54, 1.807) is 0 Å². The molecule has 0 aliphatic heterocycles. The third kappa shape index (κ3) is 9.59. The van der Waals surface area contributed by atoms with Crippen LogP contribution in [0.25, 0.3) is 0 Å². The lowest BCUT2D eigenvalue weighted by molar-refractivity contribution is 0.615. The van der Waals surface area contributed by atoms with E-state index >= 15 is 0 Å². The Bertz CT molecular complexity index is 141. The lowest BCUT2D eigenvalue weighted by Gasteiger charge is -2.01. The van der Waals surface area contributed by atoms with Crippen molar-refractivity contribution in [3.05, 3.63) is 11.8 Å². The van der Waals surface area contributed by atoms with Crippen molar-refractivity contribution < 1.29 is 0 Å². The molecule has 0 fully saturated rings. The van der Waals surface area contributed by atoms with Gasteiger partial charge in [-0.3, -0.25) is 0 Å². The van der Waals surface area contributed by atoms with Crippen LogP contribution < -0.4 is 11.5 Å². The SMILES string of the molecule is CCCC=C(N)CCCCCCCN. The van der Waals surface area contributed by atoms with Gasteiger partial charge in [0.2, 0.25) is 0 Å². The van der Waals surface area contributed by atoms with Crippen molar-refractivity contribution in [2.45, 2.75) is 58.3 Å². The van der Waals surface area contributed by atoms with Crippen molar-refractivity contribution >= 4 is 0 Å². The maximum absolute atomic E-state index is 5.84. The van der Waals surface area contributed by atoms with Crippen molar-refractivity contribution in [3.8, 4) is 0 Å². The van der Waals surface area contributed by atoms with E-state index in [1.165, 1.54) is 38.5 Å². The van der Waals surface area contributed by atoms with Crippen molar-refractivity contribution in [1.29, 1.82) is 0 Å². The van der Waals surface area contributed by atoms with Gasteiger partial charge in [0, 0.05) is 5.70 Å². The average molecular weight is 198 g/mol. The highest BCUT2D eigenvalue weighted by molar-refractivity contribution is 4.95. The van der Waals surface area contributed by atoms with E-state index in [4.69, 9.17) is 11.5 Å². The number of hydrogen-bond acceptors (Lipinski definition) is 2. The van der Waals surface area contributed by atoms with Gasteiger partial charge in [0.1, 0.15) is 0 Å². The maximum Gasteiger partial charge on any atom is 0.00399 e. The zero-order valence-electron chi connectivity index (χ0n) is 9.60. The van der Waals surface area contributed by atoms with E-state index in [1.807, 2.05) is 0 Å². The minimum Gasteiger partial charge on any atom is -0.402 e. The minimum absolute atomic E-state index is 0.832. The molecule has 2 nitrogen and oxygen atoms in total. The van der Waals surface area contributed by atoms with E-state index in [0.29, 0.717) is 0 Å². The van der Waals surface area contributed by atoms with Crippen LogP contribution in [0.3, 0.4) is 0 Å². The van der Waals surface area contributed by atoms with Gasteiger partial charge in [0.05, 0.1) is 0 Å². The Labute approximate surface area is 88.7 Å². The second-order valence-corrected chi connectivity index (χ2v) is 3.87. The van der Waals surface area contributed by atoms with Crippen LogP contribution in [0.2, 0.25) is 0 Å². The molecule has 0 bridgehead atoms. The molecule has 0 aromatic carbocycles. The summed E-state index contributed by atoms with van der Waals surface area (Å²) < 4.78 is 0. The topological polar surface area (TPSA) is 52.0 Å². The van der Waals surface area contributed by atoms with Gasteiger partial charge in [-0.1, -0.05) is 38.7 Å². The summed E-state index contributed by atoms with van der Waals surface area (Å²) in [6.45, 7) is 3.01. The van der Waals surface area contributed by atoms with Crippen LogP contribution in [-0.4, -0.2) is 6.54 Å². The van der Waals surface area contributed by atoms with Crippen LogP contribution >= 0.6 is 0 Å². The van der Waals surface area contributed by atoms with Crippen molar-refractivity contribution in [1.82, 2.24) is 0 Å². The summed E-state index contributed by atoms with van der Waals surface area (Å²) in [6.07, 6.45) is 11.8. The zero-order valence-corrected chi connectivity index (χ0v) is 9.60. The average Bonchev–Trinajstić information content (AvgIpc) is 2.20. The van der Waals surface area contributed by atoms with Gasteiger partial charge in [-0.2, -0.15) is 0 Å². The van der Waals surface area contributed by atoms with Crippen LogP contribution in [0.15, 0.2) is 11.8 Å². The first-order chi connectivity index (χ1) is 6.81. The predicted molar refractivity (Wildman–Crippen MR) is 63.9 cm³/mol. The molecule has 14 heavy (non-hydrogen) atoms. The predicted octanol–water partition coefficient (Wildman–Crippen LogP) is 2.93. The molecule has 0 atom stereocenters. The monoisotopic (exact) mass is 198 g/mol. The molecule has 0 amide bonds. The molecule has 0 aliphatic carbocycles. The van der Waals surface area contributed by atoms with Crippen LogP contribution in [0.5, 0.6) is 0 Å². The third-order valence-corrected chi connectivity index (χ3v) is 2.36. The molecular formula is C12H26N2. The third-order valence-electron chi connectivity index (χ3n) is 2.36. The lowest BCUT2D eigenvalue weighted by atomic mass is 10.1. The largest absolute Gasteiger partial charge is 0.402 e.